The molecule has 1 atom stereocenters. The first-order valence-corrected chi connectivity index (χ1v) is 14.7. The van der Waals surface area contributed by atoms with E-state index in [-0.39, 0.29) is 17.9 Å². The van der Waals surface area contributed by atoms with Crippen molar-refractivity contribution >= 4 is 11.6 Å². The van der Waals surface area contributed by atoms with Gasteiger partial charge in [-0.25, -0.2) is 0 Å². The minimum Gasteiger partial charge on any atom is -0.486 e. The molecular weight excluding hydrogens is 525 g/mol. The van der Waals surface area contributed by atoms with E-state index in [0.29, 0.717) is 11.7 Å². The molecule has 0 bridgehead atoms. The van der Waals surface area contributed by atoms with Crippen molar-refractivity contribution < 1.29 is 22.7 Å². The van der Waals surface area contributed by atoms with Gasteiger partial charge in [0.05, 0.1) is 5.56 Å². The third kappa shape index (κ3) is 7.50. The Morgan fingerprint density at radius 3 is 2.41 bits per heavy atom. The lowest BCUT2D eigenvalue weighted by Crippen LogP contribution is -2.34. The molecule has 0 aromatic heterocycles. The van der Waals surface area contributed by atoms with Crippen molar-refractivity contribution in [2.45, 2.75) is 70.6 Å². The normalized spacial score (nSPS) is 16.9. The van der Waals surface area contributed by atoms with Gasteiger partial charge in [-0.15, -0.1) is 0 Å². The van der Waals surface area contributed by atoms with Crippen LogP contribution in [0, 0.1) is 5.92 Å². The Labute approximate surface area is 240 Å². The zero-order valence-corrected chi connectivity index (χ0v) is 23.8. The summed E-state index contributed by atoms with van der Waals surface area (Å²) in [5.74, 6) is 0.851. The summed E-state index contributed by atoms with van der Waals surface area (Å²) in [6, 6.07) is 19.8. The van der Waals surface area contributed by atoms with E-state index in [1.54, 1.807) is 0 Å². The number of benzene rings is 3. The lowest BCUT2D eigenvalue weighted by Gasteiger charge is -2.33. The van der Waals surface area contributed by atoms with E-state index in [1.165, 1.54) is 28.8 Å². The predicted octanol–water partition coefficient (Wildman–Crippen LogP) is 8.18. The number of carbonyl (C=O) groups is 1. The number of fused-ring (bicyclic) bond motifs is 1. The summed E-state index contributed by atoms with van der Waals surface area (Å²) in [5, 5.41) is 3.00. The van der Waals surface area contributed by atoms with Crippen LogP contribution in [0.15, 0.2) is 66.7 Å². The van der Waals surface area contributed by atoms with E-state index in [4.69, 9.17) is 4.74 Å². The minimum atomic E-state index is -4.37. The number of nitrogens with one attached hydrogen (secondary N) is 1. The number of hydrogen-bond donors (Lipinski definition) is 1. The van der Waals surface area contributed by atoms with Gasteiger partial charge in [-0.2, -0.15) is 13.2 Å². The third-order valence-electron chi connectivity index (χ3n) is 8.40. The van der Waals surface area contributed by atoms with E-state index in [1.807, 2.05) is 26.0 Å². The first kappa shape index (κ1) is 29.2. The van der Waals surface area contributed by atoms with Crippen LogP contribution in [0.3, 0.4) is 0 Å². The highest BCUT2D eigenvalue weighted by Crippen LogP contribution is 2.34. The summed E-state index contributed by atoms with van der Waals surface area (Å²) in [6.07, 6.45) is 1.53. The Hall–Kier alpha value is -3.32. The van der Waals surface area contributed by atoms with Gasteiger partial charge < -0.3 is 15.0 Å². The molecule has 5 rings (SSSR count). The molecule has 1 aliphatic heterocycles. The fourth-order valence-corrected chi connectivity index (χ4v) is 5.92. The van der Waals surface area contributed by atoms with Gasteiger partial charge >= 0.3 is 6.18 Å². The van der Waals surface area contributed by atoms with Gasteiger partial charge in [-0.1, -0.05) is 44.2 Å². The third-order valence-corrected chi connectivity index (χ3v) is 8.40. The van der Waals surface area contributed by atoms with Gasteiger partial charge in [0.1, 0.15) is 11.9 Å². The van der Waals surface area contributed by atoms with E-state index in [0.717, 1.165) is 81.5 Å². The fraction of sp³-hybridized carbons (Fsp3) is 0.441. The van der Waals surface area contributed by atoms with Crippen LogP contribution >= 0.6 is 0 Å². The number of ether oxygens (including phenoxy) is 1. The lowest BCUT2D eigenvalue weighted by molar-refractivity contribution is -0.137. The lowest BCUT2D eigenvalue weighted by atomic mass is 9.89. The van der Waals surface area contributed by atoms with E-state index in [9.17, 15) is 18.0 Å². The molecule has 1 N–H and O–H groups in total. The van der Waals surface area contributed by atoms with E-state index in [2.05, 4.69) is 40.5 Å². The van der Waals surface area contributed by atoms with Crippen molar-refractivity contribution in [2.75, 3.05) is 25.0 Å². The molecule has 0 saturated carbocycles. The number of amides is 1. The number of rotatable bonds is 9. The molecule has 218 valence electrons. The van der Waals surface area contributed by atoms with Crippen LogP contribution in [0.5, 0.6) is 5.75 Å². The smallest absolute Gasteiger partial charge is 0.416 e. The summed E-state index contributed by atoms with van der Waals surface area (Å²) in [5.41, 5.74) is 5.26. The van der Waals surface area contributed by atoms with Crippen LogP contribution < -0.4 is 10.1 Å². The molecule has 1 fully saturated rings. The molecule has 1 amide bonds. The quantitative estimate of drug-likeness (QED) is 0.285. The number of halogens is 3. The van der Waals surface area contributed by atoms with Crippen LogP contribution in [-0.2, 0) is 23.8 Å². The minimum absolute atomic E-state index is 0.0217. The molecule has 41 heavy (non-hydrogen) atoms. The maximum Gasteiger partial charge on any atom is 0.416 e. The summed E-state index contributed by atoms with van der Waals surface area (Å²) in [4.78, 5) is 14.6. The number of carbonyl (C=O) groups excluding carboxylic acids is 1. The molecule has 1 unspecified atom stereocenters. The Bertz CT molecular complexity index is 1330. The SMILES string of the molecule is CC(C)C(=O)Nc1cccc(C2CCN(CCC(Oc3ccc(C(F)(F)F)cc3)c3ccc4c(c3)CCC4)CC2)c1. The van der Waals surface area contributed by atoms with Crippen molar-refractivity contribution in [3.63, 3.8) is 0 Å². The number of likely N-dealkylation sites (tertiary alicyclic amines) is 1. The predicted molar refractivity (Wildman–Crippen MR) is 156 cm³/mol. The second kappa shape index (κ2) is 12.7. The molecule has 1 heterocycles. The molecule has 3 aromatic rings. The number of piperidine rings is 1. The topological polar surface area (TPSA) is 41.6 Å². The van der Waals surface area contributed by atoms with Crippen molar-refractivity contribution in [3.8, 4) is 5.75 Å². The standard InChI is InChI=1S/C34H39F3N2O2/c1-23(2)33(40)38-30-8-4-7-27(22-30)25-15-18-39(19-16-25)20-17-32(28-10-9-24-5-3-6-26(24)21-28)41-31-13-11-29(12-14-31)34(35,36)37/h4,7-14,21-23,25,32H,3,5-6,15-20H2,1-2H3,(H,38,40). The first-order valence-electron chi connectivity index (χ1n) is 14.7. The number of nitrogens with zero attached hydrogens (tertiary/aromatic N) is 1. The molecule has 4 nitrogen and oxygen atoms in total. The van der Waals surface area contributed by atoms with E-state index < -0.39 is 11.7 Å². The molecule has 1 aliphatic carbocycles. The highest BCUT2D eigenvalue weighted by molar-refractivity contribution is 5.92. The van der Waals surface area contributed by atoms with Gasteiger partial charge in [-0.05, 0) is 110 Å². The number of alkyl halides is 3. The zero-order valence-electron chi connectivity index (χ0n) is 23.8. The maximum absolute atomic E-state index is 13.1. The van der Waals surface area contributed by atoms with Crippen LogP contribution in [0.2, 0.25) is 0 Å². The second-order valence-corrected chi connectivity index (χ2v) is 11.7. The summed E-state index contributed by atoms with van der Waals surface area (Å²) in [6.45, 7) is 6.55. The molecule has 0 spiro atoms. The fourth-order valence-electron chi connectivity index (χ4n) is 5.92. The molecule has 2 aliphatic rings. The Morgan fingerprint density at radius 2 is 1.71 bits per heavy atom. The molecule has 1 saturated heterocycles. The van der Waals surface area contributed by atoms with Gasteiger partial charge in [0.25, 0.3) is 0 Å². The number of anilines is 1. The van der Waals surface area contributed by atoms with Crippen molar-refractivity contribution in [3.05, 3.63) is 94.5 Å². The maximum atomic E-state index is 13.1. The Kier molecular flexibility index (Phi) is 9.03. The Morgan fingerprint density at radius 1 is 0.976 bits per heavy atom. The molecule has 3 aromatic carbocycles. The Balaban J connectivity index is 1.22. The van der Waals surface area contributed by atoms with Gasteiger partial charge in [0, 0.05) is 24.6 Å². The first-order chi connectivity index (χ1) is 19.7. The number of aryl methyl sites for hydroxylation is 2. The van der Waals surface area contributed by atoms with Gasteiger partial charge in [0.2, 0.25) is 5.91 Å². The second-order valence-electron chi connectivity index (χ2n) is 11.7. The molecule has 0 radical (unpaired) electrons. The van der Waals surface area contributed by atoms with Crippen LogP contribution in [-0.4, -0.2) is 30.4 Å². The summed E-state index contributed by atoms with van der Waals surface area (Å²) >= 11 is 0. The molecular formula is C34H39F3N2O2. The van der Waals surface area contributed by atoms with Gasteiger partial charge in [-0.3, -0.25) is 4.79 Å². The van der Waals surface area contributed by atoms with Crippen molar-refractivity contribution in [1.29, 1.82) is 0 Å². The highest BCUT2D eigenvalue weighted by Gasteiger charge is 2.30. The average molecular weight is 565 g/mol. The highest BCUT2D eigenvalue weighted by atomic mass is 19.4. The monoisotopic (exact) mass is 564 g/mol. The van der Waals surface area contributed by atoms with E-state index >= 15 is 0 Å². The summed E-state index contributed by atoms with van der Waals surface area (Å²) in [7, 11) is 0. The molecule has 7 heteroatoms. The van der Waals surface area contributed by atoms with Crippen LogP contribution in [0.25, 0.3) is 0 Å². The van der Waals surface area contributed by atoms with Crippen molar-refractivity contribution in [2.24, 2.45) is 5.92 Å². The van der Waals surface area contributed by atoms with Crippen LogP contribution in [0.1, 0.15) is 79.4 Å². The van der Waals surface area contributed by atoms with Crippen LogP contribution in [0.4, 0.5) is 18.9 Å². The average Bonchev–Trinajstić information content (AvgIpc) is 3.43. The summed E-state index contributed by atoms with van der Waals surface area (Å²) < 4.78 is 45.6. The number of hydrogen-bond acceptors (Lipinski definition) is 3. The largest absolute Gasteiger partial charge is 0.486 e. The van der Waals surface area contributed by atoms with Crippen molar-refractivity contribution in [1.82, 2.24) is 4.90 Å². The van der Waals surface area contributed by atoms with Gasteiger partial charge in [0.15, 0.2) is 0 Å². The zero-order chi connectivity index (χ0) is 29.0.